The zero-order valence-electron chi connectivity index (χ0n) is 18.5. The quantitative estimate of drug-likeness (QED) is 0.298. The van der Waals surface area contributed by atoms with Gasteiger partial charge in [0, 0.05) is 18.2 Å². The van der Waals surface area contributed by atoms with Gasteiger partial charge in [0.15, 0.2) is 5.75 Å². The lowest BCUT2D eigenvalue weighted by Crippen LogP contribution is -2.35. The fraction of sp³-hybridized carbons (Fsp3) is 0.261. The smallest absolute Gasteiger partial charge is 0.418 e. The van der Waals surface area contributed by atoms with E-state index in [-0.39, 0.29) is 16.9 Å². The first kappa shape index (κ1) is 26.7. The molecule has 188 valence electrons. The second-order valence-corrected chi connectivity index (χ2v) is 8.06. The third kappa shape index (κ3) is 7.03. The van der Waals surface area contributed by atoms with Gasteiger partial charge in [-0.2, -0.15) is 18.4 Å². The number of esters is 1. The second kappa shape index (κ2) is 11.7. The number of allylic oxidation sites excluding steroid dienone is 1. The van der Waals surface area contributed by atoms with Crippen molar-refractivity contribution in [3.05, 3.63) is 52.7 Å². The Hall–Kier alpha value is -3.95. The van der Waals surface area contributed by atoms with E-state index in [0.717, 1.165) is 12.1 Å². The number of amides is 2. The number of ether oxygens (including phenoxy) is 1. The predicted octanol–water partition coefficient (Wildman–Crippen LogP) is 3.93. The van der Waals surface area contributed by atoms with Crippen LogP contribution in [0.1, 0.15) is 28.8 Å². The minimum absolute atomic E-state index is 0.0619. The number of nitriles is 1. The molecule has 1 fully saturated rings. The molecule has 1 aromatic heterocycles. The van der Waals surface area contributed by atoms with Gasteiger partial charge in [-0.25, -0.2) is 9.78 Å². The van der Waals surface area contributed by atoms with E-state index in [1.165, 1.54) is 30.5 Å². The highest BCUT2D eigenvalue weighted by Crippen LogP contribution is 2.34. The van der Waals surface area contributed by atoms with E-state index in [1.54, 1.807) is 6.07 Å². The largest absolute Gasteiger partial charge is 0.491 e. The van der Waals surface area contributed by atoms with Gasteiger partial charge >= 0.3 is 12.1 Å². The zero-order valence-corrected chi connectivity index (χ0v) is 19.2. The highest BCUT2D eigenvalue weighted by molar-refractivity contribution is 6.30. The Labute approximate surface area is 208 Å². The highest BCUT2D eigenvalue weighted by Gasteiger charge is 2.42. The van der Waals surface area contributed by atoms with Crippen LogP contribution in [0.3, 0.4) is 0 Å². The van der Waals surface area contributed by atoms with Crippen LogP contribution in [0.15, 0.2) is 36.5 Å². The molecule has 0 bridgehead atoms. The summed E-state index contributed by atoms with van der Waals surface area (Å²) in [6, 6.07) is 6.79. The zero-order chi connectivity index (χ0) is 26.3. The third-order valence-electron chi connectivity index (χ3n) is 5.08. The summed E-state index contributed by atoms with van der Waals surface area (Å²) in [4.78, 5) is 41.6. The number of carbonyl (C=O) groups is 3. The molecular weight excluding hydrogens is 503 g/mol. The highest BCUT2D eigenvalue weighted by atomic mass is 35.5. The van der Waals surface area contributed by atoms with Gasteiger partial charge in [-0.3, -0.25) is 9.59 Å². The van der Waals surface area contributed by atoms with Crippen LogP contribution >= 0.6 is 11.6 Å². The molecular formula is C23H19ClF3N5O4. The molecule has 0 saturated carbocycles. The minimum Gasteiger partial charge on any atom is -0.418 e. The van der Waals surface area contributed by atoms with Crippen molar-refractivity contribution in [1.82, 2.24) is 10.3 Å². The number of pyridine rings is 1. The Morgan fingerprint density at radius 2 is 1.92 bits per heavy atom. The van der Waals surface area contributed by atoms with Crippen LogP contribution in [0.2, 0.25) is 5.02 Å². The summed E-state index contributed by atoms with van der Waals surface area (Å²) in [5.74, 6) is -5.11. The van der Waals surface area contributed by atoms with Crippen molar-refractivity contribution < 1.29 is 32.3 Å². The van der Waals surface area contributed by atoms with Gasteiger partial charge < -0.3 is 20.7 Å². The van der Waals surface area contributed by atoms with Crippen molar-refractivity contribution in [3.8, 4) is 11.8 Å². The van der Waals surface area contributed by atoms with Crippen LogP contribution in [0.5, 0.6) is 5.75 Å². The molecule has 2 amide bonds. The number of anilines is 2. The van der Waals surface area contributed by atoms with E-state index in [1.807, 2.05) is 0 Å². The van der Waals surface area contributed by atoms with Crippen molar-refractivity contribution in [2.75, 3.05) is 23.7 Å². The fourth-order valence-electron chi connectivity index (χ4n) is 3.36. The molecule has 3 rings (SSSR count). The summed E-state index contributed by atoms with van der Waals surface area (Å²) in [5, 5.41) is 17.1. The summed E-state index contributed by atoms with van der Waals surface area (Å²) in [6.07, 6.45) is -0.948. The van der Waals surface area contributed by atoms with Gasteiger partial charge in [0.2, 0.25) is 5.91 Å². The fourth-order valence-corrected chi connectivity index (χ4v) is 3.47. The molecule has 0 unspecified atom stereocenters. The molecule has 2 heterocycles. The van der Waals surface area contributed by atoms with Crippen LogP contribution in [0.4, 0.5) is 24.7 Å². The number of alkyl halides is 3. The monoisotopic (exact) mass is 521 g/mol. The maximum absolute atomic E-state index is 13.1. The first-order chi connectivity index (χ1) is 17.1. The predicted molar refractivity (Wildman–Crippen MR) is 124 cm³/mol. The van der Waals surface area contributed by atoms with Gasteiger partial charge in [-0.1, -0.05) is 11.6 Å². The number of aromatic nitrogens is 1. The lowest BCUT2D eigenvalue weighted by molar-refractivity contribution is -0.189. The van der Waals surface area contributed by atoms with E-state index >= 15 is 0 Å². The van der Waals surface area contributed by atoms with E-state index in [4.69, 9.17) is 16.9 Å². The number of benzene rings is 1. The number of carbonyl (C=O) groups excluding carboxylic acids is 3. The van der Waals surface area contributed by atoms with Crippen molar-refractivity contribution in [1.29, 1.82) is 5.26 Å². The average Bonchev–Trinajstić information content (AvgIpc) is 2.85. The molecule has 1 aliphatic rings. The molecule has 1 aromatic carbocycles. The molecule has 9 nitrogen and oxygen atoms in total. The molecule has 3 N–H and O–H groups in total. The normalized spacial score (nSPS) is 14.2. The first-order valence-electron chi connectivity index (χ1n) is 10.6. The minimum atomic E-state index is -5.34. The van der Waals surface area contributed by atoms with Gasteiger partial charge in [0.05, 0.1) is 22.3 Å². The topological polar surface area (TPSA) is 133 Å². The summed E-state index contributed by atoms with van der Waals surface area (Å²) in [5.41, 5.74) is -0.689. The molecule has 0 radical (unpaired) electrons. The number of hydrogen-bond acceptors (Lipinski definition) is 7. The van der Waals surface area contributed by atoms with Crippen LogP contribution in [-0.4, -0.2) is 42.0 Å². The molecule has 1 saturated heterocycles. The number of halogens is 4. The first-order valence-corrected chi connectivity index (χ1v) is 10.9. The van der Waals surface area contributed by atoms with Crippen molar-refractivity contribution >= 4 is 47.0 Å². The Morgan fingerprint density at radius 3 is 2.53 bits per heavy atom. The van der Waals surface area contributed by atoms with Crippen molar-refractivity contribution in [2.45, 2.75) is 19.0 Å². The standard InChI is InChI=1S/C23H19ClF3N5O4/c24-15-3-4-18(30-12-15)31-21(34)16-10-13(2-1-7-28)11-17(36-22(35)23(25,26)27)19(16)32-20(33)14-5-8-29-9-6-14/h1-4,10-12,14,29H,5-6,8-9H2,(H,32,33)(H,30,31,34)/b2-1-. The molecule has 0 spiro atoms. The molecule has 0 aliphatic carbocycles. The summed E-state index contributed by atoms with van der Waals surface area (Å²) in [7, 11) is 0. The van der Waals surface area contributed by atoms with Crippen LogP contribution in [0, 0.1) is 17.2 Å². The third-order valence-corrected chi connectivity index (χ3v) is 5.30. The Morgan fingerprint density at radius 1 is 1.19 bits per heavy atom. The summed E-state index contributed by atoms with van der Waals surface area (Å²) >= 11 is 5.80. The Kier molecular flexibility index (Phi) is 8.63. The SMILES string of the molecule is N#C/C=C\c1cc(OC(=O)C(F)(F)F)c(NC(=O)C2CCNCC2)c(C(=O)Nc2ccc(Cl)cn2)c1. The van der Waals surface area contributed by atoms with Gasteiger partial charge in [-0.05, 0) is 61.8 Å². The number of piperidine rings is 1. The van der Waals surface area contributed by atoms with Crippen LogP contribution in [-0.2, 0) is 9.59 Å². The van der Waals surface area contributed by atoms with E-state index in [2.05, 4.69) is 25.7 Å². The van der Waals surface area contributed by atoms with E-state index in [0.29, 0.717) is 31.0 Å². The number of rotatable bonds is 6. The van der Waals surface area contributed by atoms with E-state index < -0.39 is 41.3 Å². The number of nitrogens with one attached hydrogen (secondary N) is 3. The lowest BCUT2D eigenvalue weighted by Gasteiger charge is -2.23. The lowest BCUT2D eigenvalue weighted by atomic mass is 9.96. The summed E-state index contributed by atoms with van der Waals surface area (Å²) < 4.78 is 43.5. The van der Waals surface area contributed by atoms with Crippen LogP contribution in [0.25, 0.3) is 6.08 Å². The summed E-state index contributed by atoms with van der Waals surface area (Å²) in [6.45, 7) is 1.11. The molecule has 2 aromatic rings. The molecule has 36 heavy (non-hydrogen) atoms. The molecule has 0 atom stereocenters. The maximum Gasteiger partial charge on any atom is 0.491 e. The Bertz CT molecular complexity index is 1220. The Balaban J connectivity index is 2.08. The molecule has 1 aliphatic heterocycles. The average molecular weight is 522 g/mol. The maximum atomic E-state index is 13.1. The number of hydrogen-bond donors (Lipinski definition) is 3. The van der Waals surface area contributed by atoms with Crippen molar-refractivity contribution in [3.63, 3.8) is 0 Å². The second-order valence-electron chi connectivity index (χ2n) is 7.62. The van der Waals surface area contributed by atoms with Gasteiger partial charge in [-0.15, -0.1) is 0 Å². The van der Waals surface area contributed by atoms with Gasteiger partial charge in [0.1, 0.15) is 5.82 Å². The van der Waals surface area contributed by atoms with E-state index in [9.17, 15) is 27.6 Å². The number of nitrogens with zero attached hydrogens (tertiary/aromatic N) is 2. The van der Waals surface area contributed by atoms with Crippen LogP contribution < -0.4 is 20.7 Å². The van der Waals surface area contributed by atoms with Gasteiger partial charge in [0.25, 0.3) is 5.91 Å². The molecule has 13 heteroatoms. The van der Waals surface area contributed by atoms with Crippen molar-refractivity contribution in [2.24, 2.45) is 5.92 Å².